The van der Waals surface area contributed by atoms with Crippen LogP contribution in [0.2, 0.25) is 5.02 Å². The molecule has 1 aromatic carbocycles. The van der Waals surface area contributed by atoms with Crippen molar-refractivity contribution < 1.29 is 19.8 Å². The number of carbonyl (C=O) groups excluding carboxylic acids is 1. The van der Waals surface area contributed by atoms with E-state index < -0.39 is 24.5 Å². The number of hydrogen-bond acceptors (Lipinski definition) is 5. The predicted octanol–water partition coefficient (Wildman–Crippen LogP) is 1.99. The van der Waals surface area contributed by atoms with Gasteiger partial charge in [-0.05, 0) is 17.7 Å². The molecule has 0 spiro atoms. The van der Waals surface area contributed by atoms with Crippen LogP contribution in [-0.2, 0) is 9.59 Å². The van der Waals surface area contributed by atoms with E-state index in [4.69, 9.17) is 34.0 Å². The molecule has 0 unspecified atom stereocenters. The Morgan fingerprint density at radius 1 is 1.48 bits per heavy atom. The Bertz CT molecular complexity index is 647. The Hall–Kier alpha value is -1.41. The van der Waals surface area contributed by atoms with Crippen molar-refractivity contribution in [3.8, 4) is 0 Å². The number of aliphatic hydroxyl groups excluding tert-OH is 1. The molecule has 5 nitrogen and oxygen atoms in total. The summed E-state index contributed by atoms with van der Waals surface area (Å²) in [5.41, 5.74) is 0.635. The first-order valence-corrected chi connectivity index (χ1v) is 7.41. The summed E-state index contributed by atoms with van der Waals surface area (Å²) in [5.74, 6) is -1.86. The molecule has 1 fully saturated rings. The van der Waals surface area contributed by atoms with Crippen LogP contribution >= 0.6 is 35.6 Å². The van der Waals surface area contributed by atoms with Crippen molar-refractivity contribution >= 4 is 57.9 Å². The van der Waals surface area contributed by atoms with Crippen molar-refractivity contribution in [1.82, 2.24) is 4.90 Å². The van der Waals surface area contributed by atoms with Crippen molar-refractivity contribution in [3.05, 3.63) is 39.8 Å². The monoisotopic (exact) mass is 343 g/mol. The molecule has 2 rings (SSSR count). The van der Waals surface area contributed by atoms with E-state index in [1.165, 1.54) is 0 Å². The number of carbonyl (C=O) groups is 2. The van der Waals surface area contributed by atoms with Crippen LogP contribution in [0.5, 0.6) is 0 Å². The first kappa shape index (κ1) is 16.0. The third-order valence-corrected chi connectivity index (χ3v) is 4.46. The van der Waals surface area contributed by atoms with Crippen LogP contribution in [0, 0.1) is 0 Å². The fourth-order valence-corrected chi connectivity index (χ4v) is 3.29. The first-order chi connectivity index (χ1) is 9.95. The van der Waals surface area contributed by atoms with Crippen LogP contribution < -0.4 is 0 Å². The van der Waals surface area contributed by atoms with E-state index in [1.54, 1.807) is 30.3 Å². The molecule has 1 heterocycles. The van der Waals surface area contributed by atoms with Crippen LogP contribution in [-0.4, -0.2) is 44.0 Å². The lowest BCUT2D eigenvalue weighted by atomic mass is 10.2. The van der Waals surface area contributed by atoms with Crippen LogP contribution in [0.25, 0.3) is 6.08 Å². The second-order valence-corrected chi connectivity index (χ2v) is 6.19. The number of halogens is 1. The first-order valence-electron chi connectivity index (χ1n) is 5.81. The van der Waals surface area contributed by atoms with Crippen LogP contribution in [0.4, 0.5) is 0 Å². The lowest BCUT2D eigenvalue weighted by Crippen LogP contribution is -2.46. The minimum absolute atomic E-state index is 0.0970. The summed E-state index contributed by atoms with van der Waals surface area (Å²) < 4.78 is 0.0970. The molecule has 110 valence electrons. The summed E-state index contributed by atoms with van der Waals surface area (Å²) in [4.78, 5) is 24.5. The minimum Gasteiger partial charge on any atom is -0.480 e. The number of aliphatic hydroxyl groups is 1. The summed E-state index contributed by atoms with van der Waals surface area (Å²) >= 11 is 12.0. The summed E-state index contributed by atoms with van der Waals surface area (Å²) in [5, 5.41) is 18.6. The smallest absolute Gasteiger partial charge is 0.329 e. The second-order valence-electron chi connectivity index (χ2n) is 4.11. The summed E-state index contributed by atoms with van der Waals surface area (Å²) in [6.45, 7) is -0.707. The van der Waals surface area contributed by atoms with Gasteiger partial charge in [-0.2, -0.15) is 0 Å². The highest BCUT2D eigenvalue weighted by atomic mass is 35.5. The number of amides is 1. The number of carboxylic acid groups (broad SMARTS) is 1. The van der Waals surface area contributed by atoms with Crippen molar-refractivity contribution in [1.29, 1.82) is 0 Å². The SMILES string of the molecule is O=C(O)[C@H](CO)N1C(=O)/C(=C/c2ccccc2Cl)SC1=S. The molecule has 2 N–H and O–H groups in total. The average Bonchev–Trinajstić information content (AvgIpc) is 2.70. The molecular formula is C13H10ClNO4S2. The van der Waals surface area contributed by atoms with Crippen molar-refractivity contribution in [2.75, 3.05) is 6.61 Å². The molecule has 0 aliphatic carbocycles. The van der Waals surface area contributed by atoms with Gasteiger partial charge in [0.25, 0.3) is 5.91 Å². The fourth-order valence-electron chi connectivity index (χ4n) is 1.75. The average molecular weight is 344 g/mol. The minimum atomic E-state index is -1.38. The second kappa shape index (κ2) is 6.57. The number of carboxylic acids is 1. The largest absolute Gasteiger partial charge is 0.480 e. The van der Waals surface area contributed by atoms with Gasteiger partial charge in [-0.1, -0.05) is 53.8 Å². The van der Waals surface area contributed by atoms with E-state index in [9.17, 15) is 9.59 Å². The highest BCUT2D eigenvalue weighted by Gasteiger charge is 2.40. The molecule has 1 atom stereocenters. The lowest BCUT2D eigenvalue weighted by Gasteiger charge is -2.20. The quantitative estimate of drug-likeness (QED) is 0.643. The maximum atomic E-state index is 12.3. The number of thiocarbonyl (C=S) groups is 1. The standard InChI is InChI=1S/C13H10ClNO4S2/c14-8-4-2-1-3-7(8)5-10-11(17)15(13(20)21-10)9(6-16)12(18)19/h1-5,9,16H,6H2,(H,18,19)/b10-5-/t9-/m0/s1. The Kier molecular flexibility index (Phi) is 5.00. The van der Waals surface area contributed by atoms with E-state index >= 15 is 0 Å². The topological polar surface area (TPSA) is 77.8 Å². The van der Waals surface area contributed by atoms with E-state index in [-0.39, 0.29) is 9.23 Å². The summed E-state index contributed by atoms with van der Waals surface area (Å²) in [6.07, 6.45) is 1.55. The van der Waals surface area contributed by atoms with E-state index in [0.717, 1.165) is 16.7 Å². The predicted molar refractivity (Wildman–Crippen MR) is 85.0 cm³/mol. The van der Waals surface area contributed by atoms with Crippen LogP contribution in [0.3, 0.4) is 0 Å². The summed E-state index contributed by atoms with van der Waals surface area (Å²) in [7, 11) is 0. The van der Waals surface area contributed by atoms with Gasteiger partial charge in [0.2, 0.25) is 0 Å². The van der Waals surface area contributed by atoms with Gasteiger partial charge in [0.1, 0.15) is 4.32 Å². The number of nitrogens with zero attached hydrogens (tertiary/aromatic N) is 1. The van der Waals surface area contributed by atoms with E-state index in [2.05, 4.69) is 0 Å². The van der Waals surface area contributed by atoms with Gasteiger partial charge >= 0.3 is 5.97 Å². The molecule has 1 amide bonds. The Labute approximate surface area is 135 Å². The number of thioether (sulfide) groups is 1. The highest BCUT2D eigenvalue weighted by molar-refractivity contribution is 8.26. The molecule has 8 heteroatoms. The molecule has 0 aromatic heterocycles. The summed E-state index contributed by atoms with van der Waals surface area (Å²) in [6, 6.07) is 5.57. The molecule has 1 saturated heterocycles. The van der Waals surface area contributed by atoms with Gasteiger partial charge in [-0.25, -0.2) is 4.79 Å². The van der Waals surface area contributed by atoms with E-state index in [0.29, 0.717) is 10.6 Å². The Balaban J connectivity index is 2.34. The molecule has 0 saturated carbocycles. The molecule has 21 heavy (non-hydrogen) atoms. The normalized spacial score (nSPS) is 18.4. The third-order valence-electron chi connectivity index (χ3n) is 2.79. The number of aliphatic carboxylic acids is 1. The van der Waals surface area contributed by atoms with Crippen molar-refractivity contribution in [3.63, 3.8) is 0 Å². The zero-order chi connectivity index (χ0) is 15.6. The van der Waals surface area contributed by atoms with E-state index in [1.807, 2.05) is 0 Å². The Morgan fingerprint density at radius 3 is 2.71 bits per heavy atom. The zero-order valence-corrected chi connectivity index (χ0v) is 12.9. The number of hydrogen-bond donors (Lipinski definition) is 2. The van der Waals surface area contributed by atoms with Crippen LogP contribution in [0.1, 0.15) is 5.56 Å². The van der Waals surface area contributed by atoms with Crippen molar-refractivity contribution in [2.24, 2.45) is 0 Å². The van der Waals surface area contributed by atoms with Crippen LogP contribution in [0.15, 0.2) is 29.2 Å². The van der Waals surface area contributed by atoms with Crippen molar-refractivity contribution in [2.45, 2.75) is 6.04 Å². The maximum absolute atomic E-state index is 12.3. The molecule has 1 aliphatic heterocycles. The van der Waals surface area contributed by atoms with Gasteiger partial charge in [0.05, 0.1) is 11.5 Å². The zero-order valence-electron chi connectivity index (χ0n) is 10.5. The third kappa shape index (κ3) is 3.26. The fraction of sp³-hybridized carbons (Fsp3) is 0.154. The van der Waals surface area contributed by atoms with Gasteiger partial charge in [-0.3, -0.25) is 9.69 Å². The molecule has 0 bridgehead atoms. The number of rotatable bonds is 4. The number of benzene rings is 1. The molecule has 1 aliphatic rings. The maximum Gasteiger partial charge on any atom is 0.329 e. The van der Waals surface area contributed by atoms with Gasteiger partial charge < -0.3 is 10.2 Å². The highest BCUT2D eigenvalue weighted by Crippen LogP contribution is 2.34. The lowest BCUT2D eigenvalue weighted by molar-refractivity contribution is -0.146. The van der Waals surface area contributed by atoms with Gasteiger partial charge in [0.15, 0.2) is 6.04 Å². The molecule has 1 aromatic rings. The molecule has 0 radical (unpaired) electrons. The molecular weight excluding hydrogens is 334 g/mol. The van der Waals surface area contributed by atoms with Gasteiger partial charge in [0, 0.05) is 5.02 Å². The Morgan fingerprint density at radius 2 is 2.14 bits per heavy atom. The van der Waals surface area contributed by atoms with Gasteiger partial charge in [-0.15, -0.1) is 0 Å².